The van der Waals surface area contributed by atoms with E-state index >= 15 is 4.39 Å². The number of ether oxygens (including phenoxy) is 3. The molecule has 3 fully saturated rings. The van der Waals surface area contributed by atoms with Crippen LogP contribution in [0.1, 0.15) is 97.2 Å². The van der Waals surface area contributed by atoms with Gasteiger partial charge in [-0.2, -0.15) is 0 Å². The number of amides is 2. The summed E-state index contributed by atoms with van der Waals surface area (Å²) in [6, 6.07) is 10.1. The number of benzene rings is 1. The number of methoxy groups -OCH3 is 1. The molecule has 0 radical (unpaired) electrons. The molecule has 15 heteroatoms. The van der Waals surface area contributed by atoms with E-state index in [9.17, 15) is 14.4 Å². The second-order valence-corrected chi connectivity index (χ2v) is 19.4. The van der Waals surface area contributed by atoms with E-state index in [0.717, 1.165) is 76.9 Å². The summed E-state index contributed by atoms with van der Waals surface area (Å²) in [4.78, 5) is 56.2. The Bertz CT molecular complexity index is 2360. The fourth-order valence-corrected chi connectivity index (χ4v) is 9.28. The van der Waals surface area contributed by atoms with Crippen molar-refractivity contribution in [3.8, 4) is 22.5 Å². The Kier molecular flexibility index (Phi) is 12.6. The van der Waals surface area contributed by atoms with E-state index in [2.05, 4.69) is 64.1 Å². The molecule has 0 unspecified atom stereocenters. The van der Waals surface area contributed by atoms with Crippen LogP contribution in [-0.2, 0) is 43.2 Å². The highest BCUT2D eigenvalue weighted by molar-refractivity contribution is 5.95. The van der Waals surface area contributed by atoms with Gasteiger partial charge in [0, 0.05) is 86.3 Å². The number of pyridine rings is 2. The van der Waals surface area contributed by atoms with Gasteiger partial charge in [-0.15, -0.1) is 0 Å². The number of halogens is 1. The largest absolute Gasteiger partial charge is 0.464 e. The second kappa shape index (κ2) is 17.8. The number of nitrogens with zero attached hydrogens (tertiary/aromatic N) is 6. The fraction of sp³-hybridized carbons (Fsp3) is 0.562. The van der Waals surface area contributed by atoms with Crippen LogP contribution in [0.15, 0.2) is 42.6 Å². The maximum Gasteiger partial charge on any atom is 0.408 e. The van der Waals surface area contributed by atoms with Crippen molar-refractivity contribution in [1.82, 2.24) is 35.2 Å². The highest BCUT2D eigenvalue weighted by Gasteiger charge is 2.37. The second-order valence-electron chi connectivity index (χ2n) is 19.4. The lowest BCUT2D eigenvalue weighted by Gasteiger charge is -2.36. The van der Waals surface area contributed by atoms with Crippen LogP contribution in [0.4, 0.5) is 14.9 Å². The van der Waals surface area contributed by atoms with Crippen LogP contribution in [0.2, 0.25) is 0 Å². The Hall–Kier alpha value is -5.12. The Balaban J connectivity index is 1.27. The molecule has 3 atom stereocenters. The van der Waals surface area contributed by atoms with E-state index in [0.29, 0.717) is 31.5 Å². The van der Waals surface area contributed by atoms with Crippen LogP contribution >= 0.6 is 0 Å². The smallest absolute Gasteiger partial charge is 0.408 e. The van der Waals surface area contributed by atoms with Gasteiger partial charge in [-0.3, -0.25) is 24.5 Å². The summed E-state index contributed by atoms with van der Waals surface area (Å²) in [5.74, 6) is -1.65. The fourth-order valence-electron chi connectivity index (χ4n) is 9.28. The van der Waals surface area contributed by atoms with Crippen LogP contribution in [0.25, 0.3) is 33.4 Å². The molecule has 1 saturated carbocycles. The first-order chi connectivity index (χ1) is 30.0. The summed E-state index contributed by atoms with van der Waals surface area (Å²) < 4.78 is 35.8. The summed E-state index contributed by atoms with van der Waals surface area (Å²) in [7, 11) is 1.70. The molecule has 4 aromatic rings. The molecule has 338 valence electrons. The lowest BCUT2D eigenvalue weighted by Crippen LogP contribution is -2.60. The molecule has 8 rings (SSSR count). The predicted molar refractivity (Wildman–Crippen MR) is 239 cm³/mol. The molecule has 3 aromatic heterocycles. The van der Waals surface area contributed by atoms with Gasteiger partial charge in [0.15, 0.2) is 0 Å². The normalized spacial score (nSPS) is 21.8. The molecule has 1 aromatic carbocycles. The molecule has 1 aliphatic carbocycles. The third kappa shape index (κ3) is 9.70. The van der Waals surface area contributed by atoms with E-state index in [4.69, 9.17) is 24.2 Å². The number of anilines is 1. The zero-order valence-electron chi connectivity index (χ0n) is 38.1. The molecule has 63 heavy (non-hydrogen) atoms. The van der Waals surface area contributed by atoms with Crippen LogP contribution in [-0.4, -0.2) is 113 Å². The van der Waals surface area contributed by atoms with Crippen molar-refractivity contribution in [1.29, 1.82) is 0 Å². The summed E-state index contributed by atoms with van der Waals surface area (Å²) in [6.07, 6.45) is 4.67. The van der Waals surface area contributed by atoms with Crippen molar-refractivity contribution in [2.45, 2.75) is 123 Å². The van der Waals surface area contributed by atoms with Crippen LogP contribution in [0.3, 0.4) is 0 Å². The minimum Gasteiger partial charge on any atom is -0.464 e. The van der Waals surface area contributed by atoms with Gasteiger partial charge in [-0.05, 0) is 103 Å². The first-order valence-electron chi connectivity index (χ1n) is 22.6. The zero-order valence-corrected chi connectivity index (χ0v) is 38.1. The van der Waals surface area contributed by atoms with Gasteiger partial charge in [0.05, 0.1) is 47.4 Å². The third-order valence-corrected chi connectivity index (χ3v) is 12.7. The maximum atomic E-state index is 15.9. The molecule has 14 nitrogen and oxygen atoms in total. The number of aromatic nitrogens is 3. The molecule has 3 aliphatic heterocycles. The number of fused-ring (bicyclic) bond motifs is 6. The van der Waals surface area contributed by atoms with Crippen LogP contribution in [0, 0.1) is 11.2 Å². The van der Waals surface area contributed by atoms with Gasteiger partial charge < -0.3 is 29.0 Å². The monoisotopic (exact) mass is 866 g/mol. The Morgan fingerprint density at radius 3 is 2.52 bits per heavy atom. The molecule has 2 saturated heterocycles. The molecular formula is C48H63FN8O6. The number of piperazine rings is 1. The van der Waals surface area contributed by atoms with Crippen molar-refractivity contribution in [3.63, 3.8) is 0 Å². The quantitative estimate of drug-likeness (QED) is 0.186. The number of rotatable bonds is 7. The average Bonchev–Trinajstić information content (AvgIpc) is 4.07. The number of aryl methyl sites for hydroxylation is 1. The predicted octanol–water partition coefficient (Wildman–Crippen LogP) is 6.97. The van der Waals surface area contributed by atoms with Crippen LogP contribution in [0.5, 0.6) is 0 Å². The van der Waals surface area contributed by atoms with E-state index in [1.54, 1.807) is 33.9 Å². The minimum absolute atomic E-state index is 0.00307. The van der Waals surface area contributed by atoms with E-state index in [1.165, 1.54) is 23.9 Å². The molecule has 2 amide bonds. The van der Waals surface area contributed by atoms with Crippen molar-refractivity contribution in [2.75, 3.05) is 51.3 Å². The first-order valence-corrected chi connectivity index (χ1v) is 22.6. The molecule has 2 N–H and O–H groups in total. The summed E-state index contributed by atoms with van der Waals surface area (Å²) in [6.45, 7) is 18.5. The molecular weight excluding hydrogens is 804 g/mol. The zero-order chi connectivity index (χ0) is 44.8. The number of cyclic esters (lactones) is 1. The molecule has 0 spiro atoms. The number of nitrogens with one attached hydrogen (secondary N) is 2. The Morgan fingerprint density at radius 1 is 1.06 bits per heavy atom. The SMILES string of the molecule is CCn1c(-c2cc(N3CCN(C4CC4)CC3)cnc2[C@H](C)OC)c2c3cc(ccc31)-c1ccc(F)c(n1)C[C@H](NC(=O)OC(C)(C)C)C(=O)N1CCC[C@H](N1)C(=O)OCC(C)(C)C2. The Labute approximate surface area is 369 Å². The topological polar surface area (TPSA) is 143 Å². The summed E-state index contributed by atoms with van der Waals surface area (Å²) in [5, 5.41) is 4.98. The number of hydrazine groups is 1. The van der Waals surface area contributed by atoms with Gasteiger partial charge >= 0.3 is 12.1 Å². The number of hydrogen-bond acceptors (Lipinski definition) is 11. The van der Waals surface area contributed by atoms with Gasteiger partial charge in [0.1, 0.15) is 23.5 Å². The number of hydrogen-bond donors (Lipinski definition) is 2. The van der Waals surface area contributed by atoms with E-state index in [-0.39, 0.29) is 31.4 Å². The highest BCUT2D eigenvalue weighted by Crippen LogP contribution is 2.43. The number of esters is 1. The number of carbonyl (C=O) groups is 3. The summed E-state index contributed by atoms with van der Waals surface area (Å²) >= 11 is 0. The van der Waals surface area contributed by atoms with Gasteiger partial charge in [0.25, 0.3) is 5.91 Å². The Morgan fingerprint density at radius 2 is 1.83 bits per heavy atom. The van der Waals surface area contributed by atoms with E-state index in [1.807, 2.05) is 19.2 Å². The first kappa shape index (κ1) is 44.5. The number of alkyl carbamates (subject to hydrolysis) is 1. The maximum absolute atomic E-state index is 15.9. The molecule has 4 aliphatic rings. The van der Waals surface area contributed by atoms with Crippen molar-refractivity contribution in [2.24, 2.45) is 5.41 Å². The molecule has 6 heterocycles. The third-order valence-electron chi connectivity index (χ3n) is 12.7. The van der Waals surface area contributed by atoms with Gasteiger partial charge in [-0.25, -0.2) is 19.6 Å². The standard InChI is InChI=1S/C48H63FN8O6/c1-9-56-41-17-12-30-23-33(41)35(43(56)34-24-32(27-50-42(34)29(2)61-8)55-21-19-54(20-22-55)31-13-14-31)26-48(6,7)28-62-45(59)38-11-10-18-57(53-38)44(58)40(52-46(60)63-47(3,4)5)25-39-36(49)15-16-37(30)51-39/h12,15-17,23-24,27,29,31,38,40,53H,9-11,13-14,18-22,25-26,28H2,1-8H3,(H,52,60)/t29-,38-,40-/m0/s1. The van der Waals surface area contributed by atoms with Gasteiger partial charge in [0.2, 0.25) is 0 Å². The average molecular weight is 867 g/mol. The number of carbonyl (C=O) groups excluding carboxylic acids is 3. The lowest BCUT2D eigenvalue weighted by molar-refractivity contribution is -0.155. The minimum atomic E-state index is -1.26. The van der Waals surface area contributed by atoms with Crippen molar-refractivity contribution < 1.29 is 33.0 Å². The summed E-state index contributed by atoms with van der Waals surface area (Å²) in [5.41, 5.74) is 8.91. The van der Waals surface area contributed by atoms with Crippen molar-refractivity contribution >= 4 is 34.6 Å². The highest BCUT2D eigenvalue weighted by atomic mass is 19.1. The van der Waals surface area contributed by atoms with Crippen molar-refractivity contribution in [3.05, 3.63) is 65.4 Å². The van der Waals surface area contributed by atoms with E-state index < -0.39 is 46.9 Å². The molecule has 6 bridgehead atoms. The van der Waals surface area contributed by atoms with Crippen LogP contribution < -0.4 is 15.6 Å². The lowest BCUT2D eigenvalue weighted by atomic mass is 9.84. The van der Waals surface area contributed by atoms with Gasteiger partial charge in [-0.1, -0.05) is 19.9 Å².